The van der Waals surface area contributed by atoms with Crippen molar-refractivity contribution >= 4 is 17.3 Å². The van der Waals surface area contributed by atoms with Gasteiger partial charge in [-0.05, 0) is 29.8 Å². The van der Waals surface area contributed by atoms with Crippen LogP contribution in [0.4, 0.5) is 5.69 Å². The zero-order valence-electron chi connectivity index (χ0n) is 16.0. The third kappa shape index (κ3) is 4.23. The van der Waals surface area contributed by atoms with E-state index < -0.39 is 0 Å². The molecular weight excluding hydrogens is 354 g/mol. The smallest absolute Gasteiger partial charge is 0.191 e. The molecule has 0 radical (unpaired) electrons. The molecule has 1 fully saturated rings. The van der Waals surface area contributed by atoms with Gasteiger partial charge in [0.2, 0.25) is 0 Å². The van der Waals surface area contributed by atoms with Gasteiger partial charge < -0.3 is 20.3 Å². The Kier molecular flexibility index (Phi) is 5.67. The van der Waals surface area contributed by atoms with E-state index in [-0.39, 0.29) is 0 Å². The summed E-state index contributed by atoms with van der Waals surface area (Å²) in [7, 11) is 1.76. The fourth-order valence-electron chi connectivity index (χ4n) is 3.23. The number of rotatable bonds is 5. The lowest BCUT2D eigenvalue weighted by molar-refractivity contribution is 0.122. The number of nitrogens with zero attached hydrogens (tertiary/aromatic N) is 5. The molecule has 8 nitrogen and oxygen atoms in total. The number of aliphatic imine (C=N–C) groups is 1. The van der Waals surface area contributed by atoms with Crippen LogP contribution in [-0.4, -0.2) is 53.9 Å². The fourth-order valence-corrected chi connectivity index (χ4v) is 3.23. The molecule has 3 aromatic rings. The second-order valence-corrected chi connectivity index (χ2v) is 6.59. The summed E-state index contributed by atoms with van der Waals surface area (Å²) in [4.78, 5) is 6.64. The highest BCUT2D eigenvalue weighted by atomic mass is 16.5. The Labute approximate surface area is 164 Å². The van der Waals surface area contributed by atoms with Crippen LogP contribution in [0.15, 0.2) is 53.7 Å². The minimum Gasteiger partial charge on any atom is -0.378 e. The molecule has 1 aromatic carbocycles. The number of hydrogen-bond donors (Lipinski definition) is 2. The monoisotopic (exact) mass is 379 g/mol. The first-order valence-corrected chi connectivity index (χ1v) is 9.48. The minimum absolute atomic E-state index is 0.542. The zero-order valence-corrected chi connectivity index (χ0v) is 16.0. The molecule has 0 spiro atoms. The molecule has 4 rings (SSSR count). The maximum Gasteiger partial charge on any atom is 0.191 e. The molecule has 1 aliphatic rings. The third-order valence-electron chi connectivity index (χ3n) is 4.79. The number of benzene rings is 1. The van der Waals surface area contributed by atoms with Gasteiger partial charge in [0.15, 0.2) is 17.4 Å². The molecule has 0 bridgehead atoms. The molecule has 1 aliphatic heterocycles. The van der Waals surface area contributed by atoms with Crippen molar-refractivity contribution in [2.45, 2.75) is 13.1 Å². The van der Waals surface area contributed by atoms with Gasteiger partial charge in [-0.3, -0.25) is 9.39 Å². The van der Waals surface area contributed by atoms with Gasteiger partial charge in [0.25, 0.3) is 0 Å². The molecule has 2 aromatic heterocycles. The Morgan fingerprint density at radius 3 is 2.61 bits per heavy atom. The lowest BCUT2D eigenvalue weighted by Crippen LogP contribution is -2.37. The molecule has 146 valence electrons. The first-order valence-electron chi connectivity index (χ1n) is 9.48. The Morgan fingerprint density at radius 2 is 1.82 bits per heavy atom. The van der Waals surface area contributed by atoms with Gasteiger partial charge in [-0.25, -0.2) is 0 Å². The van der Waals surface area contributed by atoms with Crippen LogP contribution in [-0.2, 0) is 17.8 Å². The number of morpholine rings is 1. The summed E-state index contributed by atoms with van der Waals surface area (Å²) in [5.74, 6) is 1.57. The summed E-state index contributed by atoms with van der Waals surface area (Å²) in [5.41, 5.74) is 3.28. The molecular formula is C20H25N7O. The predicted octanol–water partition coefficient (Wildman–Crippen LogP) is 1.43. The standard InChI is InChI=1S/C20H25N7O/c1-21-20(23-15-19-25-24-18-4-2-3-9-27(18)19)22-14-16-5-7-17(8-6-16)26-10-12-28-13-11-26/h2-9H,10-15H2,1H3,(H2,21,22,23). The van der Waals surface area contributed by atoms with Crippen LogP contribution in [0.3, 0.4) is 0 Å². The van der Waals surface area contributed by atoms with Crippen molar-refractivity contribution in [2.24, 2.45) is 4.99 Å². The third-order valence-corrected chi connectivity index (χ3v) is 4.79. The molecule has 0 atom stereocenters. The van der Waals surface area contributed by atoms with E-state index in [0.717, 1.165) is 43.7 Å². The second-order valence-electron chi connectivity index (χ2n) is 6.59. The first kappa shape index (κ1) is 18.2. The van der Waals surface area contributed by atoms with Crippen molar-refractivity contribution in [1.82, 2.24) is 25.2 Å². The Bertz CT molecular complexity index is 929. The number of aromatic nitrogens is 3. The number of nitrogens with one attached hydrogen (secondary N) is 2. The van der Waals surface area contributed by atoms with Crippen molar-refractivity contribution < 1.29 is 4.74 Å². The van der Waals surface area contributed by atoms with Crippen LogP contribution in [0.1, 0.15) is 11.4 Å². The molecule has 0 unspecified atom stereocenters. The van der Waals surface area contributed by atoms with Gasteiger partial charge in [0.05, 0.1) is 19.8 Å². The van der Waals surface area contributed by atoms with E-state index in [0.29, 0.717) is 13.1 Å². The van der Waals surface area contributed by atoms with E-state index in [2.05, 4.69) is 55.0 Å². The molecule has 0 amide bonds. The van der Waals surface area contributed by atoms with Gasteiger partial charge in [-0.1, -0.05) is 18.2 Å². The first-order chi connectivity index (χ1) is 13.8. The van der Waals surface area contributed by atoms with E-state index >= 15 is 0 Å². The van der Waals surface area contributed by atoms with Gasteiger partial charge in [0.1, 0.15) is 0 Å². The molecule has 28 heavy (non-hydrogen) atoms. The van der Waals surface area contributed by atoms with Gasteiger partial charge in [0, 0.05) is 38.6 Å². The van der Waals surface area contributed by atoms with Crippen LogP contribution in [0.2, 0.25) is 0 Å². The van der Waals surface area contributed by atoms with Gasteiger partial charge in [-0.15, -0.1) is 10.2 Å². The molecule has 2 N–H and O–H groups in total. The highest BCUT2D eigenvalue weighted by molar-refractivity contribution is 5.79. The predicted molar refractivity (Wildman–Crippen MR) is 109 cm³/mol. The van der Waals surface area contributed by atoms with Crippen molar-refractivity contribution in [2.75, 3.05) is 38.3 Å². The normalized spacial score (nSPS) is 15.0. The molecule has 3 heterocycles. The number of ether oxygens (including phenoxy) is 1. The highest BCUT2D eigenvalue weighted by Crippen LogP contribution is 2.16. The van der Waals surface area contributed by atoms with E-state index in [1.807, 2.05) is 28.8 Å². The molecule has 8 heteroatoms. The minimum atomic E-state index is 0.542. The van der Waals surface area contributed by atoms with E-state index in [4.69, 9.17) is 4.74 Å². The molecule has 0 saturated carbocycles. The average Bonchev–Trinajstić information content (AvgIpc) is 3.18. The van der Waals surface area contributed by atoms with Crippen LogP contribution >= 0.6 is 0 Å². The number of anilines is 1. The number of hydrogen-bond acceptors (Lipinski definition) is 5. The number of guanidine groups is 1. The SMILES string of the molecule is CN=C(NCc1ccc(N2CCOCC2)cc1)NCc1nnc2ccccn12. The van der Waals surface area contributed by atoms with E-state index in [1.54, 1.807) is 7.05 Å². The summed E-state index contributed by atoms with van der Waals surface area (Å²) >= 11 is 0. The van der Waals surface area contributed by atoms with Gasteiger partial charge >= 0.3 is 0 Å². The van der Waals surface area contributed by atoms with E-state index in [9.17, 15) is 0 Å². The quantitative estimate of drug-likeness (QED) is 0.516. The lowest BCUT2D eigenvalue weighted by Gasteiger charge is -2.28. The topological polar surface area (TPSA) is 79.1 Å². The maximum atomic E-state index is 5.41. The van der Waals surface area contributed by atoms with Crippen LogP contribution in [0, 0.1) is 0 Å². The number of fused-ring (bicyclic) bond motifs is 1. The summed E-state index contributed by atoms with van der Waals surface area (Å²) in [5, 5.41) is 15.0. The summed E-state index contributed by atoms with van der Waals surface area (Å²) in [6, 6.07) is 14.5. The van der Waals surface area contributed by atoms with Crippen LogP contribution in [0.5, 0.6) is 0 Å². The highest BCUT2D eigenvalue weighted by Gasteiger charge is 2.11. The Balaban J connectivity index is 1.30. The van der Waals surface area contributed by atoms with Crippen molar-refractivity contribution in [3.63, 3.8) is 0 Å². The van der Waals surface area contributed by atoms with Crippen LogP contribution in [0.25, 0.3) is 5.65 Å². The van der Waals surface area contributed by atoms with Crippen molar-refractivity contribution in [1.29, 1.82) is 0 Å². The van der Waals surface area contributed by atoms with Crippen molar-refractivity contribution in [3.05, 3.63) is 60.0 Å². The zero-order chi connectivity index (χ0) is 19.2. The summed E-state index contributed by atoms with van der Waals surface area (Å²) in [6.45, 7) is 4.74. The van der Waals surface area contributed by atoms with Gasteiger partial charge in [-0.2, -0.15) is 0 Å². The second kappa shape index (κ2) is 8.71. The van der Waals surface area contributed by atoms with Crippen molar-refractivity contribution in [3.8, 4) is 0 Å². The number of pyridine rings is 1. The fraction of sp³-hybridized carbons (Fsp3) is 0.350. The largest absolute Gasteiger partial charge is 0.378 e. The van der Waals surface area contributed by atoms with E-state index in [1.165, 1.54) is 11.3 Å². The lowest BCUT2D eigenvalue weighted by atomic mass is 10.2. The Hall–Kier alpha value is -3.13. The summed E-state index contributed by atoms with van der Waals surface area (Å²) in [6.07, 6.45) is 1.96. The maximum absolute atomic E-state index is 5.41. The summed E-state index contributed by atoms with van der Waals surface area (Å²) < 4.78 is 7.38. The molecule has 0 aliphatic carbocycles. The average molecular weight is 379 g/mol. The van der Waals surface area contributed by atoms with Crippen LogP contribution < -0.4 is 15.5 Å². The molecule has 1 saturated heterocycles. The Morgan fingerprint density at radius 1 is 1.04 bits per heavy atom.